The number of piperidine rings is 1. The zero-order valence-corrected chi connectivity index (χ0v) is 12.3. The summed E-state index contributed by atoms with van der Waals surface area (Å²) in [6, 6.07) is 0.325. The summed E-state index contributed by atoms with van der Waals surface area (Å²) in [5.41, 5.74) is 0. The Bertz CT molecular complexity index is 249. The molecule has 1 rings (SSSR count). The summed E-state index contributed by atoms with van der Waals surface area (Å²) in [6.07, 6.45) is 2.48. The molecule has 0 radical (unpaired) electrons. The fraction of sp³-hybridized carbons (Fsp3) is 0.929. The van der Waals surface area contributed by atoms with Gasteiger partial charge in [-0.2, -0.15) is 0 Å². The molecule has 18 heavy (non-hydrogen) atoms. The van der Waals surface area contributed by atoms with E-state index in [0.717, 1.165) is 6.54 Å². The first-order chi connectivity index (χ1) is 8.58. The van der Waals surface area contributed by atoms with Crippen molar-refractivity contribution < 1.29 is 4.79 Å². The van der Waals surface area contributed by atoms with Crippen LogP contribution in [-0.2, 0) is 4.79 Å². The van der Waals surface area contributed by atoms with Gasteiger partial charge in [0.25, 0.3) is 0 Å². The number of likely N-dealkylation sites (N-methyl/N-ethyl adjacent to an activating group) is 1. The highest BCUT2D eigenvalue weighted by Gasteiger charge is 2.25. The van der Waals surface area contributed by atoms with Crippen LogP contribution in [0.2, 0.25) is 0 Å². The summed E-state index contributed by atoms with van der Waals surface area (Å²) < 4.78 is 0. The quantitative estimate of drug-likeness (QED) is 0.750. The van der Waals surface area contributed by atoms with Crippen molar-refractivity contribution in [3.63, 3.8) is 0 Å². The number of likely N-dealkylation sites (tertiary alicyclic amines) is 1. The van der Waals surface area contributed by atoms with E-state index in [1.165, 1.54) is 25.9 Å². The highest BCUT2D eigenvalue weighted by molar-refractivity contribution is 5.81. The second-order valence-electron chi connectivity index (χ2n) is 5.34. The Morgan fingerprint density at radius 2 is 1.89 bits per heavy atom. The molecule has 0 bridgehead atoms. The molecule has 0 aromatic carbocycles. The maximum absolute atomic E-state index is 11.7. The van der Waals surface area contributed by atoms with Crippen molar-refractivity contribution in [1.82, 2.24) is 15.5 Å². The van der Waals surface area contributed by atoms with E-state index in [1.54, 1.807) is 0 Å². The summed E-state index contributed by atoms with van der Waals surface area (Å²) in [4.78, 5) is 14.2. The molecule has 1 aliphatic rings. The van der Waals surface area contributed by atoms with Gasteiger partial charge in [0.05, 0.1) is 6.04 Å². The van der Waals surface area contributed by atoms with Crippen molar-refractivity contribution in [2.24, 2.45) is 5.92 Å². The smallest absolute Gasteiger partial charge is 0.236 e. The van der Waals surface area contributed by atoms with Crippen LogP contribution in [-0.4, -0.2) is 49.1 Å². The summed E-state index contributed by atoms with van der Waals surface area (Å²) in [6.45, 7) is 12.6. The lowest BCUT2D eigenvalue weighted by Gasteiger charge is -2.35. The Morgan fingerprint density at radius 3 is 2.39 bits per heavy atom. The van der Waals surface area contributed by atoms with Gasteiger partial charge in [-0.05, 0) is 59.2 Å². The number of hydrogen-bond acceptors (Lipinski definition) is 3. The number of nitrogens with one attached hydrogen (secondary N) is 2. The first-order valence-corrected chi connectivity index (χ1v) is 7.34. The molecule has 2 atom stereocenters. The molecule has 1 heterocycles. The Balaban J connectivity index is 2.32. The predicted octanol–water partition coefficient (Wildman–Crippen LogP) is 1.22. The number of hydrogen-bond donors (Lipinski definition) is 2. The molecule has 4 heteroatoms. The van der Waals surface area contributed by atoms with Crippen molar-refractivity contribution >= 4 is 5.91 Å². The molecule has 0 saturated carbocycles. The van der Waals surface area contributed by atoms with Gasteiger partial charge in [-0.1, -0.05) is 6.92 Å². The SMILES string of the molecule is CCNC(=O)C(C)NC(C)C1CCN(CC)CC1. The van der Waals surface area contributed by atoms with E-state index < -0.39 is 0 Å². The van der Waals surface area contributed by atoms with Gasteiger partial charge in [0.15, 0.2) is 0 Å². The van der Waals surface area contributed by atoms with E-state index in [2.05, 4.69) is 29.4 Å². The zero-order chi connectivity index (χ0) is 13.5. The molecule has 4 nitrogen and oxygen atoms in total. The van der Waals surface area contributed by atoms with Crippen LogP contribution in [0.1, 0.15) is 40.5 Å². The number of carbonyl (C=O) groups excluding carboxylic acids is 1. The van der Waals surface area contributed by atoms with Crippen molar-refractivity contribution in [3.05, 3.63) is 0 Å². The largest absolute Gasteiger partial charge is 0.355 e. The molecule has 1 amide bonds. The maximum Gasteiger partial charge on any atom is 0.236 e. The van der Waals surface area contributed by atoms with E-state index in [9.17, 15) is 4.79 Å². The van der Waals surface area contributed by atoms with E-state index in [1.807, 2.05) is 13.8 Å². The molecule has 0 aromatic rings. The predicted molar refractivity (Wildman–Crippen MR) is 75.6 cm³/mol. The minimum Gasteiger partial charge on any atom is -0.355 e. The third-order valence-electron chi connectivity index (χ3n) is 4.04. The van der Waals surface area contributed by atoms with Crippen molar-refractivity contribution in [2.75, 3.05) is 26.2 Å². The second-order valence-corrected chi connectivity index (χ2v) is 5.34. The van der Waals surface area contributed by atoms with E-state index in [-0.39, 0.29) is 11.9 Å². The van der Waals surface area contributed by atoms with Crippen LogP contribution in [0.15, 0.2) is 0 Å². The Kier molecular flexibility index (Phi) is 6.65. The number of rotatable bonds is 6. The van der Waals surface area contributed by atoms with E-state index in [0.29, 0.717) is 18.5 Å². The third kappa shape index (κ3) is 4.58. The molecular weight excluding hydrogens is 226 g/mol. The molecular formula is C14H29N3O. The fourth-order valence-electron chi connectivity index (χ4n) is 2.70. The van der Waals surface area contributed by atoms with Crippen LogP contribution in [0, 0.1) is 5.92 Å². The van der Waals surface area contributed by atoms with Crippen LogP contribution in [0.4, 0.5) is 0 Å². The normalized spacial score (nSPS) is 21.6. The number of amides is 1. The minimum absolute atomic E-state index is 0.0934. The Morgan fingerprint density at radius 1 is 1.28 bits per heavy atom. The molecule has 1 aliphatic heterocycles. The van der Waals surface area contributed by atoms with Gasteiger partial charge in [0.1, 0.15) is 0 Å². The van der Waals surface area contributed by atoms with Gasteiger partial charge in [-0.3, -0.25) is 4.79 Å². The van der Waals surface area contributed by atoms with Crippen LogP contribution < -0.4 is 10.6 Å². The van der Waals surface area contributed by atoms with Gasteiger partial charge in [0, 0.05) is 12.6 Å². The summed E-state index contributed by atoms with van der Waals surface area (Å²) in [5.74, 6) is 0.806. The lowest BCUT2D eigenvalue weighted by atomic mass is 9.90. The maximum atomic E-state index is 11.7. The lowest BCUT2D eigenvalue weighted by Crippen LogP contribution is -2.49. The van der Waals surface area contributed by atoms with Crippen molar-refractivity contribution in [1.29, 1.82) is 0 Å². The van der Waals surface area contributed by atoms with Crippen LogP contribution in [0.25, 0.3) is 0 Å². The van der Waals surface area contributed by atoms with Gasteiger partial charge >= 0.3 is 0 Å². The number of carbonyl (C=O) groups is 1. The average Bonchev–Trinajstić information content (AvgIpc) is 2.39. The molecule has 106 valence electrons. The van der Waals surface area contributed by atoms with Gasteiger partial charge in [-0.25, -0.2) is 0 Å². The fourth-order valence-corrected chi connectivity index (χ4v) is 2.70. The molecule has 0 aliphatic carbocycles. The highest BCUT2D eigenvalue weighted by atomic mass is 16.2. The molecule has 0 aromatic heterocycles. The van der Waals surface area contributed by atoms with Crippen molar-refractivity contribution in [3.8, 4) is 0 Å². The molecule has 1 fully saturated rings. The van der Waals surface area contributed by atoms with Crippen LogP contribution in [0.5, 0.6) is 0 Å². The summed E-state index contributed by atoms with van der Waals surface area (Å²) in [5, 5.41) is 6.30. The molecule has 2 unspecified atom stereocenters. The average molecular weight is 255 g/mol. The topological polar surface area (TPSA) is 44.4 Å². The van der Waals surface area contributed by atoms with Crippen LogP contribution in [0.3, 0.4) is 0 Å². The highest BCUT2D eigenvalue weighted by Crippen LogP contribution is 2.20. The Hall–Kier alpha value is -0.610. The standard InChI is InChI=1S/C14H29N3O/c1-5-15-14(18)12(4)16-11(3)13-7-9-17(6-2)10-8-13/h11-13,16H,5-10H2,1-4H3,(H,15,18). The van der Waals surface area contributed by atoms with Gasteiger partial charge in [0.2, 0.25) is 5.91 Å². The first kappa shape index (κ1) is 15.4. The summed E-state index contributed by atoms with van der Waals surface area (Å²) in [7, 11) is 0. The Labute approximate surface area is 111 Å². The molecule has 0 spiro atoms. The van der Waals surface area contributed by atoms with Crippen LogP contribution >= 0.6 is 0 Å². The molecule has 1 saturated heterocycles. The van der Waals surface area contributed by atoms with Gasteiger partial charge in [-0.15, -0.1) is 0 Å². The lowest BCUT2D eigenvalue weighted by molar-refractivity contribution is -0.122. The minimum atomic E-state index is -0.0934. The van der Waals surface area contributed by atoms with Gasteiger partial charge < -0.3 is 15.5 Å². The first-order valence-electron chi connectivity index (χ1n) is 7.34. The van der Waals surface area contributed by atoms with E-state index >= 15 is 0 Å². The second kappa shape index (κ2) is 7.74. The molecule has 2 N–H and O–H groups in total. The van der Waals surface area contributed by atoms with E-state index in [4.69, 9.17) is 0 Å². The summed E-state index contributed by atoms with van der Waals surface area (Å²) >= 11 is 0. The number of nitrogens with zero attached hydrogens (tertiary/aromatic N) is 1. The zero-order valence-electron chi connectivity index (χ0n) is 12.3. The third-order valence-corrected chi connectivity index (χ3v) is 4.04. The van der Waals surface area contributed by atoms with Crippen molar-refractivity contribution in [2.45, 2.75) is 52.6 Å². The monoisotopic (exact) mass is 255 g/mol.